The molecule has 36 heavy (non-hydrogen) atoms. The third-order valence-corrected chi connectivity index (χ3v) is 6.75. The minimum Gasteiger partial charge on any atom is -0.495 e. The van der Waals surface area contributed by atoms with Gasteiger partial charge in [0.05, 0.1) is 23.7 Å². The van der Waals surface area contributed by atoms with Crippen LogP contribution < -0.4 is 21.3 Å². The van der Waals surface area contributed by atoms with Crippen molar-refractivity contribution in [1.29, 1.82) is 0 Å². The zero-order chi connectivity index (χ0) is 26.0. The number of hydrogen-bond donors (Lipinski definition) is 1. The van der Waals surface area contributed by atoms with Crippen molar-refractivity contribution in [3.05, 3.63) is 67.8 Å². The Hall–Kier alpha value is -3.63. The normalized spacial score (nSPS) is 14.2. The van der Waals surface area contributed by atoms with Crippen LogP contribution in [-0.2, 0) is 22.7 Å². The van der Waals surface area contributed by atoms with Gasteiger partial charge in [-0.05, 0) is 43.8 Å². The highest BCUT2D eigenvalue weighted by Gasteiger charge is 2.23. The summed E-state index contributed by atoms with van der Waals surface area (Å²) in [6.07, 6.45) is 0. The molecule has 0 atom stereocenters. The van der Waals surface area contributed by atoms with E-state index < -0.39 is 23.7 Å². The quantitative estimate of drug-likeness (QED) is 0.536. The maximum Gasteiger partial charge on any atom is 0.332 e. The summed E-state index contributed by atoms with van der Waals surface area (Å²) < 4.78 is 7.44. The Balaban J connectivity index is 1.67. The molecule has 0 radical (unpaired) electrons. The molecule has 0 aliphatic carbocycles. The molecule has 1 fully saturated rings. The number of fused-ring (bicyclic) bond motifs is 1. The summed E-state index contributed by atoms with van der Waals surface area (Å²) in [6, 6.07) is 9.79. The molecule has 2 amide bonds. The molecule has 0 bridgehead atoms. The number of likely N-dealkylation sites (N-methyl/N-ethyl adjacent to an activating group) is 1. The first-order valence-corrected chi connectivity index (χ1v) is 11.9. The van der Waals surface area contributed by atoms with Crippen molar-refractivity contribution >= 4 is 40.0 Å². The van der Waals surface area contributed by atoms with Crippen molar-refractivity contribution in [3.8, 4) is 5.75 Å². The molecule has 1 aliphatic heterocycles. The van der Waals surface area contributed by atoms with Crippen molar-refractivity contribution < 1.29 is 14.3 Å². The molecule has 190 valence electrons. The maximum atomic E-state index is 13.4. The van der Waals surface area contributed by atoms with Gasteiger partial charge in [0.25, 0.3) is 5.56 Å². The zero-order valence-electron chi connectivity index (χ0n) is 20.4. The number of carbonyl (C=O) groups is 2. The molecule has 0 unspecified atom stereocenters. The molecule has 10 nitrogen and oxygen atoms in total. The SMILES string of the molecule is COc1cc(C)c(Cl)cc1NC(=O)Cn1c(=O)n(CC(=O)N2CCN(C)CC2)c(=O)c2ccccc21. The zero-order valence-corrected chi connectivity index (χ0v) is 21.2. The number of aryl methyl sites for hydroxylation is 1. The molecule has 11 heteroatoms. The van der Waals surface area contributed by atoms with Gasteiger partial charge in [-0.1, -0.05) is 23.7 Å². The van der Waals surface area contributed by atoms with Crippen molar-refractivity contribution in [1.82, 2.24) is 18.9 Å². The van der Waals surface area contributed by atoms with Crippen LogP contribution in [0.4, 0.5) is 5.69 Å². The third-order valence-electron chi connectivity index (χ3n) is 6.34. The van der Waals surface area contributed by atoms with Crippen molar-refractivity contribution in [3.63, 3.8) is 0 Å². The van der Waals surface area contributed by atoms with E-state index >= 15 is 0 Å². The van der Waals surface area contributed by atoms with E-state index in [4.69, 9.17) is 16.3 Å². The van der Waals surface area contributed by atoms with Gasteiger partial charge >= 0.3 is 5.69 Å². The minimum atomic E-state index is -0.731. The van der Waals surface area contributed by atoms with Gasteiger partial charge < -0.3 is 19.9 Å². The number of carbonyl (C=O) groups excluding carboxylic acids is 2. The number of para-hydroxylation sites is 1. The lowest BCUT2D eigenvalue weighted by atomic mass is 10.2. The number of ether oxygens (including phenoxy) is 1. The van der Waals surface area contributed by atoms with E-state index in [-0.39, 0.29) is 17.8 Å². The lowest BCUT2D eigenvalue weighted by molar-refractivity contribution is -0.133. The molecule has 2 aromatic carbocycles. The van der Waals surface area contributed by atoms with Crippen LogP contribution in [-0.4, -0.2) is 71.1 Å². The van der Waals surface area contributed by atoms with Crippen molar-refractivity contribution in [2.75, 3.05) is 45.7 Å². The van der Waals surface area contributed by atoms with Gasteiger partial charge in [0.15, 0.2) is 0 Å². The van der Waals surface area contributed by atoms with Gasteiger partial charge in [0.2, 0.25) is 11.8 Å². The highest BCUT2D eigenvalue weighted by Crippen LogP contribution is 2.30. The topological polar surface area (TPSA) is 106 Å². The van der Waals surface area contributed by atoms with Crippen LogP contribution >= 0.6 is 11.6 Å². The van der Waals surface area contributed by atoms with Crippen LogP contribution in [0.3, 0.4) is 0 Å². The van der Waals surface area contributed by atoms with E-state index in [1.807, 2.05) is 14.0 Å². The van der Waals surface area contributed by atoms with Gasteiger partial charge in [-0.25, -0.2) is 4.79 Å². The van der Waals surface area contributed by atoms with Crippen molar-refractivity contribution in [2.24, 2.45) is 0 Å². The standard InChI is InChI=1S/C25H28ClN5O5/c1-16-12-21(36-3)19(13-18(16)26)27-22(32)14-30-20-7-5-4-6-17(20)24(34)31(25(30)35)15-23(33)29-10-8-28(2)9-11-29/h4-7,12-13H,8-11,14-15H2,1-3H3,(H,27,32). The molecule has 0 saturated carbocycles. The van der Waals surface area contributed by atoms with Crippen LogP contribution in [0, 0.1) is 6.92 Å². The predicted molar refractivity (Wildman–Crippen MR) is 138 cm³/mol. The molecular weight excluding hydrogens is 486 g/mol. The number of rotatable bonds is 6. The Labute approximate surface area is 212 Å². The van der Waals surface area contributed by atoms with Crippen LogP contribution in [0.25, 0.3) is 10.9 Å². The Kier molecular flexibility index (Phi) is 7.46. The smallest absolute Gasteiger partial charge is 0.332 e. The van der Waals surface area contributed by atoms with E-state index in [0.717, 1.165) is 23.2 Å². The predicted octanol–water partition coefficient (Wildman–Crippen LogP) is 1.55. The monoisotopic (exact) mass is 513 g/mol. The Morgan fingerprint density at radius 1 is 1.03 bits per heavy atom. The number of halogens is 1. The molecule has 1 saturated heterocycles. The van der Waals surface area contributed by atoms with E-state index in [1.54, 1.807) is 41.3 Å². The number of methoxy groups -OCH3 is 1. The molecule has 2 heterocycles. The summed E-state index contributed by atoms with van der Waals surface area (Å²) >= 11 is 6.21. The molecule has 3 aromatic rings. The molecule has 1 N–H and O–H groups in total. The van der Waals surface area contributed by atoms with E-state index in [9.17, 15) is 19.2 Å². The number of nitrogens with one attached hydrogen (secondary N) is 1. The second-order valence-electron chi connectivity index (χ2n) is 8.81. The number of nitrogens with zero attached hydrogens (tertiary/aromatic N) is 4. The molecular formula is C25H28ClN5O5. The maximum absolute atomic E-state index is 13.4. The largest absolute Gasteiger partial charge is 0.495 e. The summed E-state index contributed by atoms with van der Waals surface area (Å²) in [6.45, 7) is 3.52. The highest BCUT2D eigenvalue weighted by atomic mass is 35.5. The first-order chi connectivity index (χ1) is 17.2. The fourth-order valence-electron chi connectivity index (χ4n) is 4.21. The first-order valence-electron chi connectivity index (χ1n) is 11.5. The number of hydrogen-bond acceptors (Lipinski definition) is 6. The van der Waals surface area contributed by atoms with Crippen molar-refractivity contribution in [2.45, 2.75) is 20.0 Å². The average molecular weight is 514 g/mol. The summed E-state index contributed by atoms with van der Waals surface area (Å²) in [4.78, 5) is 56.2. The van der Waals surface area contributed by atoms with Crippen LogP contribution in [0.2, 0.25) is 5.02 Å². The van der Waals surface area contributed by atoms with Crippen LogP contribution in [0.1, 0.15) is 5.56 Å². The van der Waals surface area contributed by atoms with E-state index in [2.05, 4.69) is 10.2 Å². The summed E-state index contributed by atoms with van der Waals surface area (Å²) in [5, 5.41) is 3.42. The number of aromatic nitrogens is 2. The van der Waals surface area contributed by atoms with Crippen LogP contribution in [0.5, 0.6) is 5.75 Å². The van der Waals surface area contributed by atoms with Crippen LogP contribution in [0.15, 0.2) is 46.0 Å². The minimum absolute atomic E-state index is 0.243. The lowest BCUT2D eigenvalue weighted by Crippen LogP contribution is -2.50. The van der Waals surface area contributed by atoms with Gasteiger partial charge in [0.1, 0.15) is 18.8 Å². The second-order valence-corrected chi connectivity index (χ2v) is 9.22. The Morgan fingerprint density at radius 3 is 2.42 bits per heavy atom. The van der Waals surface area contributed by atoms with Gasteiger partial charge in [-0.2, -0.15) is 0 Å². The summed E-state index contributed by atoms with van der Waals surface area (Å²) in [5.74, 6) is -0.408. The number of anilines is 1. The lowest BCUT2D eigenvalue weighted by Gasteiger charge is -2.32. The number of amides is 2. The van der Waals surface area contributed by atoms with E-state index in [0.29, 0.717) is 35.1 Å². The molecule has 1 aromatic heterocycles. The molecule has 4 rings (SSSR count). The van der Waals surface area contributed by atoms with Gasteiger partial charge in [-0.15, -0.1) is 0 Å². The second kappa shape index (κ2) is 10.5. The average Bonchev–Trinajstić information content (AvgIpc) is 2.86. The highest BCUT2D eigenvalue weighted by molar-refractivity contribution is 6.31. The summed E-state index contributed by atoms with van der Waals surface area (Å²) in [7, 11) is 3.45. The fourth-order valence-corrected chi connectivity index (χ4v) is 4.37. The van der Waals surface area contributed by atoms with Gasteiger partial charge in [-0.3, -0.25) is 23.5 Å². The van der Waals surface area contributed by atoms with E-state index in [1.165, 1.54) is 11.7 Å². The molecule has 1 aliphatic rings. The Bertz CT molecular complexity index is 1440. The summed E-state index contributed by atoms with van der Waals surface area (Å²) in [5.41, 5.74) is 0.145. The third kappa shape index (κ3) is 5.14. The van der Waals surface area contributed by atoms with Gasteiger partial charge in [0, 0.05) is 31.2 Å². The Morgan fingerprint density at radius 2 is 1.72 bits per heavy atom. The molecule has 0 spiro atoms. The first kappa shape index (κ1) is 25.5. The number of piperazine rings is 1. The fraction of sp³-hybridized carbons (Fsp3) is 0.360. The number of benzene rings is 2.